The van der Waals surface area contributed by atoms with Crippen LogP contribution in [-0.2, 0) is 11.8 Å². The monoisotopic (exact) mass is 402 g/mol. The summed E-state index contributed by atoms with van der Waals surface area (Å²) in [6.07, 6.45) is 2.00. The third-order valence-electron chi connectivity index (χ3n) is 4.70. The summed E-state index contributed by atoms with van der Waals surface area (Å²) in [5.41, 5.74) is 1.57. The van der Waals surface area contributed by atoms with E-state index >= 15 is 0 Å². The molecule has 2 aromatic heterocycles. The fourth-order valence-corrected chi connectivity index (χ4v) is 3.73. The van der Waals surface area contributed by atoms with Crippen molar-refractivity contribution in [1.82, 2.24) is 19.7 Å². The van der Waals surface area contributed by atoms with Crippen molar-refractivity contribution in [2.75, 3.05) is 30.4 Å². The van der Waals surface area contributed by atoms with Crippen molar-refractivity contribution < 1.29 is 9.47 Å². The van der Waals surface area contributed by atoms with Gasteiger partial charge in [0.1, 0.15) is 11.6 Å². The number of fused-ring (bicyclic) bond motifs is 1. The molecule has 1 aliphatic heterocycles. The van der Waals surface area contributed by atoms with Crippen molar-refractivity contribution in [3.63, 3.8) is 0 Å². The lowest BCUT2D eigenvalue weighted by Gasteiger charge is -2.35. The molecule has 3 heterocycles. The Morgan fingerprint density at radius 2 is 1.96 bits per heavy atom. The Bertz CT molecular complexity index is 997. The summed E-state index contributed by atoms with van der Waals surface area (Å²) in [5, 5.41) is 9.06. The van der Waals surface area contributed by atoms with Crippen molar-refractivity contribution in [1.29, 1.82) is 0 Å². The Morgan fingerprint density at radius 1 is 1.21 bits per heavy atom. The van der Waals surface area contributed by atoms with Gasteiger partial charge < -0.3 is 19.7 Å². The highest BCUT2D eigenvalue weighted by atomic mass is 35.5. The van der Waals surface area contributed by atoms with E-state index in [4.69, 9.17) is 31.0 Å². The number of nitrogens with zero attached hydrogens (tertiary/aromatic N) is 5. The normalized spacial score (nSPS) is 19.8. The highest BCUT2D eigenvalue weighted by Gasteiger charge is 2.25. The lowest BCUT2D eigenvalue weighted by Crippen LogP contribution is -2.46. The number of nitrogens with one attached hydrogen (secondary N) is 1. The second kappa shape index (κ2) is 7.44. The predicted molar refractivity (Wildman–Crippen MR) is 110 cm³/mol. The van der Waals surface area contributed by atoms with Gasteiger partial charge in [0.15, 0.2) is 5.65 Å². The van der Waals surface area contributed by atoms with Gasteiger partial charge >= 0.3 is 0 Å². The number of morpholine rings is 1. The first kappa shape index (κ1) is 18.8. The first-order valence-electron chi connectivity index (χ1n) is 9.15. The molecule has 0 unspecified atom stereocenters. The van der Waals surface area contributed by atoms with Crippen LogP contribution >= 0.6 is 11.6 Å². The van der Waals surface area contributed by atoms with E-state index in [1.54, 1.807) is 18.0 Å². The van der Waals surface area contributed by atoms with E-state index in [1.165, 1.54) is 0 Å². The average Bonchev–Trinajstić information content (AvgIpc) is 3.02. The van der Waals surface area contributed by atoms with Crippen LogP contribution in [0.2, 0.25) is 5.02 Å². The summed E-state index contributed by atoms with van der Waals surface area (Å²) >= 11 is 6.27. The lowest BCUT2D eigenvalue weighted by atomic mass is 10.2. The highest BCUT2D eigenvalue weighted by molar-refractivity contribution is 6.32. The molecular formula is C19H23ClN6O2. The molecule has 0 aliphatic carbocycles. The van der Waals surface area contributed by atoms with Gasteiger partial charge in [-0.2, -0.15) is 15.1 Å². The Hall–Kier alpha value is -2.58. The van der Waals surface area contributed by atoms with Crippen molar-refractivity contribution in [2.45, 2.75) is 26.1 Å². The number of aryl methyl sites for hydroxylation is 1. The van der Waals surface area contributed by atoms with Gasteiger partial charge in [-0.15, -0.1) is 0 Å². The average molecular weight is 403 g/mol. The molecule has 28 heavy (non-hydrogen) atoms. The molecule has 8 nitrogen and oxygen atoms in total. The number of anilines is 3. The van der Waals surface area contributed by atoms with Gasteiger partial charge in [-0.25, -0.2) is 0 Å². The van der Waals surface area contributed by atoms with E-state index < -0.39 is 0 Å². The fourth-order valence-electron chi connectivity index (χ4n) is 3.47. The van der Waals surface area contributed by atoms with Gasteiger partial charge in [-0.1, -0.05) is 11.6 Å². The maximum absolute atomic E-state index is 6.27. The third-order valence-corrected chi connectivity index (χ3v) is 4.99. The number of hydrogen-bond donors (Lipinski definition) is 1. The summed E-state index contributed by atoms with van der Waals surface area (Å²) < 4.78 is 12.8. The van der Waals surface area contributed by atoms with E-state index in [-0.39, 0.29) is 12.2 Å². The molecule has 4 rings (SSSR count). The maximum atomic E-state index is 6.27. The topological polar surface area (TPSA) is 77.3 Å². The minimum atomic E-state index is 0.117. The van der Waals surface area contributed by atoms with Crippen LogP contribution in [0.3, 0.4) is 0 Å². The van der Waals surface area contributed by atoms with Crippen molar-refractivity contribution in [3.05, 3.63) is 29.4 Å². The number of benzene rings is 1. The molecule has 0 bridgehead atoms. The Labute approximate surface area is 168 Å². The van der Waals surface area contributed by atoms with Gasteiger partial charge in [0, 0.05) is 25.8 Å². The molecule has 0 saturated carbocycles. The molecule has 0 spiro atoms. The van der Waals surface area contributed by atoms with Gasteiger partial charge in [0.25, 0.3) is 0 Å². The van der Waals surface area contributed by atoms with Crippen LogP contribution in [0.1, 0.15) is 13.8 Å². The van der Waals surface area contributed by atoms with Gasteiger partial charge in [-0.3, -0.25) is 4.68 Å². The van der Waals surface area contributed by atoms with E-state index in [1.807, 2.05) is 25.2 Å². The predicted octanol–water partition coefficient (Wildman–Crippen LogP) is 3.38. The maximum Gasteiger partial charge on any atom is 0.229 e. The second-order valence-electron chi connectivity index (χ2n) is 7.01. The van der Waals surface area contributed by atoms with E-state index in [0.717, 1.165) is 29.8 Å². The van der Waals surface area contributed by atoms with Gasteiger partial charge in [0.2, 0.25) is 5.95 Å². The van der Waals surface area contributed by atoms with E-state index in [0.29, 0.717) is 22.5 Å². The SMILES string of the molecule is COc1ccc(Nc2nc(N3C[C@@H](C)O[C@H](C)C3)nc3c2cnn3C)cc1Cl. The summed E-state index contributed by atoms with van der Waals surface area (Å²) in [6, 6.07) is 5.52. The van der Waals surface area contributed by atoms with Crippen LogP contribution in [0.15, 0.2) is 24.4 Å². The van der Waals surface area contributed by atoms with Crippen molar-refractivity contribution in [3.8, 4) is 5.75 Å². The van der Waals surface area contributed by atoms with Crippen LogP contribution in [0.5, 0.6) is 5.75 Å². The number of methoxy groups -OCH3 is 1. The largest absolute Gasteiger partial charge is 0.495 e. The summed E-state index contributed by atoms with van der Waals surface area (Å²) in [7, 11) is 3.46. The van der Waals surface area contributed by atoms with E-state index in [9.17, 15) is 0 Å². The van der Waals surface area contributed by atoms with Crippen LogP contribution < -0.4 is 15.0 Å². The Balaban J connectivity index is 1.74. The van der Waals surface area contributed by atoms with Gasteiger partial charge in [0.05, 0.1) is 35.9 Å². The lowest BCUT2D eigenvalue weighted by molar-refractivity contribution is -0.00569. The zero-order chi connectivity index (χ0) is 19.8. The van der Waals surface area contributed by atoms with Crippen LogP contribution in [0.25, 0.3) is 11.0 Å². The first-order valence-corrected chi connectivity index (χ1v) is 9.53. The number of ether oxygens (including phenoxy) is 2. The first-order chi connectivity index (χ1) is 13.4. The molecule has 1 N–H and O–H groups in total. The number of hydrogen-bond acceptors (Lipinski definition) is 7. The molecule has 148 valence electrons. The zero-order valence-electron chi connectivity index (χ0n) is 16.3. The molecule has 0 radical (unpaired) electrons. The molecule has 9 heteroatoms. The fraction of sp³-hybridized carbons (Fsp3) is 0.421. The quantitative estimate of drug-likeness (QED) is 0.716. The minimum Gasteiger partial charge on any atom is -0.495 e. The molecule has 3 aromatic rings. The molecular weight excluding hydrogens is 380 g/mol. The molecule has 1 saturated heterocycles. The van der Waals surface area contributed by atoms with Gasteiger partial charge in [-0.05, 0) is 32.0 Å². The van der Waals surface area contributed by atoms with Crippen LogP contribution in [-0.4, -0.2) is 52.2 Å². The highest BCUT2D eigenvalue weighted by Crippen LogP contribution is 2.31. The van der Waals surface area contributed by atoms with Crippen LogP contribution in [0.4, 0.5) is 17.5 Å². The smallest absolute Gasteiger partial charge is 0.229 e. The summed E-state index contributed by atoms with van der Waals surface area (Å²) in [5.74, 6) is 1.96. The molecule has 1 fully saturated rings. The van der Waals surface area contributed by atoms with Crippen molar-refractivity contribution >= 4 is 40.1 Å². The molecule has 1 aliphatic rings. The number of halogens is 1. The summed E-state index contributed by atoms with van der Waals surface area (Å²) in [6.45, 7) is 5.59. The van der Waals surface area contributed by atoms with Crippen molar-refractivity contribution in [2.24, 2.45) is 7.05 Å². The molecule has 2 atom stereocenters. The van der Waals surface area contributed by atoms with E-state index in [2.05, 4.69) is 29.2 Å². The standard InChI is InChI=1S/C19H23ClN6O2/c1-11-9-26(10-12(2)28-11)19-23-17(14-8-21-25(3)18(14)24-19)22-13-5-6-16(27-4)15(20)7-13/h5-8,11-12H,9-10H2,1-4H3,(H,22,23,24)/t11-,12-/m1/s1. The molecule has 0 amide bonds. The van der Waals surface area contributed by atoms with Crippen LogP contribution in [0, 0.1) is 0 Å². The summed E-state index contributed by atoms with van der Waals surface area (Å²) in [4.78, 5) is 11.7. The molecule has 1 aromatic carbocycles. The number of rotatable bonds is 4. The third kappa shape index (κ3) is 3.57. The second-order valence-corrected chi connectivity index (χ2v) is 7.42. The number of aromatic nitrogens is 4. The minimum absolute atomic E-state index is 0.117. The zero-order valence-corrected chi connectivity index (χ0v) is 17.1. The Morgan fingerprint density at radius 3 is 2.64 bits per heavy atom. The Kier molecular flexibility index (Phi) is 4.99.